The van der Waals surface area contributed by atoms with Crippen LogP contribution >= 0.6 is 35.6 Å². The van der Waals surface area contributed by atoms with Gasteiger partial charge in [-0.15, -0.1) is 24.0 Å². The van der Waals surface area contributed by atoms with Crippen LogP contribution in [0, 0.1) is 13.8 Å². The van der Waals surface area contributed by atoms with Crippen LogP contribution in [-0.4, -0.2) is 29.7 Å². The minimum Gasteiger partial charge on any atom is -0.361 e. The van der Waals surface area contributed by atoms with Crippen molar-refractivity contribution in [3.8, 4) is 0 Å². The van der Waals surface area contributed by atoms with Crippen molar-refractivity contribution >= 4 is 52.4 Å². The molecule has 2 aromatic heterocycles. The second-order valence-corrected chi connectivity index (χ2v) is 6.35. The van der Waals surface area contributed by atoms with E-state index in [4.69, 9.17) is 16.1 Å². The van der Waals surface area contributed by atoms with Crippen molar-refractivity contribution in [1.29, 1.82) is 0 Å². The molecule has 0 fully saturated rings. The first kappa shape index (κ1) is 20.6. The highest BCUT2D eigenvalue weighted by atomic mass is 127. The molecule has 0 unspecified atom stereocenters. The highest BCUT2D eigenvalue weighted by Crippen LogP contribution is 2.22. The molecule has 0 amide bonds. The van der Waals surface area contributed by atoms with Crippen LogP contribution in [0.1, 0.15) is 22.6 Å². The number of halogens is 2. The van der Waals surface area contributed by atoms with Gasteiger partial charge < -0.3 is 20.1 Å². The van der Waals surface area contributed by atoms with E-state index in [1.54, 1.807) is 7.05 Å². The monoisotopic (exact) mass is 487 g/mol. The fourth-order valence-corrected chi connectivity index (χ4v) is 2.99. The molecule has 3 N–H and O–H groups in total. The molecule has 0 aliphatic rings. The molecule has 26 heavy (non-hydrogen) atoms. The molecule has 0 aliphatic heterocycles. The Labute approximate surface area is 174 Å². The third kappa shape index (κ3) is 4.70. The van der Waals surface area contributed by atoms with Gasteiger partial charge in [-0.1, -0.05) is 16.8 Å². The SMILES string of the molecule is CN=C(NCCc1c[nH]c2ccc(Cl)cc12)NCc1c(C)noc1C.I. The Balaban J connectivity index is 0.00000243. The van der Waals surface area contributed by atoms with Crippen molar-refractivity contribution in [1.82, 2.24) is 20.8 Å². The van der Waals surface area contributed by atoms with Crippen LogP contribution in [0.15, 0.2) is 33.9 Å². The van der Waals surface area contributed by atoms with Gasteiger partial charge in [0.1, 0.15) is 5.76 Å². The molecule has 0 atom stereocenters. The van der Waals surface area contributed by atoms with Gasteiger partial charge in [0.25, 0.3) is 0 Å². The number of guanidine groups is 1. The molecule has 140 valence electrons. The van der Waals surface area contributed by atoms with E-state index in [1.165, 1.54) is 5.56 Å². The predicted octanol–water partition coefficient (Wildman–Crippen LogP) is 3.95. The Bertz CT molecular complexity index is 883. The topological polar surface area (TPSA) is 78.2 Å². The lowest BCUT2D eigenvalue weighted by molar-refractivity contribution is 0.392. The molecule has 0 saturated heterocycles. The fraction of sp³-hybridized carbons (Fsp3) is 0.333. The molecule has 3 aromatic rings. The van der Waals surface area contributed by atoms with Crippen molar-refractivity contribution in [2.75, 3.05) is 13.6 Å². The number of aliphatic imine (C=N–C) groups is 1. The maximum absolute atomic E-state index is 6.10. The standard InChI is InChI=1S/C18H22ClN5O.HI/c1-11-16(12(2)25-24-11)10-23-18(20-3)21-7-6-13-9-22-17-5-4-14(19)8-15(13)17;/h4-5,8-9,22H,6-7,10H2,1-3H3,(H2,20,21,23);1H. The Morgan fingerprint density at radius 3 is 2.81 bits per heavy atom. The maximum atomic E-state index is 6.10. The minimum atomic E-state index is 0. The summed E-state index contributed by atoms with van der Waals surface area (Å²) < 4.78 is 5.18. The summed E-state index contributed by atoms with van der Waals surface area (Å²) >= 11 is 6.10. The smallest absolute Gasteiger partial charge is 0.191 e. The maximum Gasteiger partial charge on any atom is 0.191 e. The Hall–Kier alpha value is -1.74. The summed E-state index contributed by atoms with van der Waals surface area (Å²) in [5.41, 5.74) is 4.29. The van der Waals surface area contributed by atoms with E-state index in [2.05, 4.69) is 25.8 Å². The van der Waals surface area contributed by atoms with Crippen LogP contribution in [0.25, 0.3) is 10.9 Å². The number of hydrogen-bond acceptors (Lipinski definition) is 3. The van der Waals surface area contributed by atoms with E-state index in [0.29, 0.717) is 6.54 Å². The van der Waals surface area contributed by atoms with Crippen LogP contribution in [0.2, 0.25) is 5.02 Å². The number of benzene rings is 1. The largest absolute Gasteiger partial charge is 0.361 e. The molecule has 3 rings (SSSR count). The van der Waals surface area contributed by atoms with Gasteiger partial charge in [0, 0.05) is 47.8 Å². The van der Waals surface area contributed by atoms with Gasteiger partial charge in [-0.2, -0.15) is 0 Å². The summed E-state index contributed by atoms with van der Waals surface area (Å²) in [7, 11) is 1.76. The van der Waals surface area contributed by atoms with Crippen LogP contribution in [0.5, 0.6) is 0 Å². The third-order valence-electron chi connectivity index (χ3n) is 4.25. The van der Waals surface area contributed by atoms with E-state index < -0.39 is 0 Å². The number of nitrogens with one attached hydrogen (secondary N) is 3. The van der Waals surface area contributed by atoms with Crippen molar-refractivity contribution in [2.24, 2.45) is 4.99 Å². The molecular weight excluding hydrogens is 465 g/mol. The molecule has 2 heterocycles. The Morgan fingerprint density at radius 2 is 2.12 bits per heavy atom. The summed E-state index contributed by atoms with van der Waals surface area (Å²) in [5, 5.41) is 12.5. The number of aromatic amines is 1. The molecule has 8 heteroatoms. The van der Waals surface area contributed by atoms with E-state index >= 15 is 0 Å². The molecule has 1 aromatic carbocycles. The van der Waals surface area contributed by atoms with Gasteiger partial charge in [0.2, 0.25) is 0 Å². The predicted molar refractivity (Wildman–Crippen MR) is 117 cm³/mol. The molecule has 0 spiro atoms. The van der Waals surface area contributed by atoms with E-state index in [9.17, 15) is 0 Å². The number of fused-ring (bicyclic) bond motifs is 1. The number of aromatic nitrogens is 2. The van der Waals surface area contributed by atoms with Crippen molar-refractivity contribution in [3.63, 3.8) is 0 Å². The summed E-state index contributed by atoms with van der Waals surface area (Å²) in [5.74, 6) is 1.58. The number of nitrogens with zero attached hydrogens (tertiary/aromatic N) is 2. The normalized spacial score (nSPS) is 11.5. The summed E-state index contributed by atoms with van der Waals surface area (Å²) in [6, 6.07) is 5.88. The second kappa shape index (κ2) is 9.27. The van der Waals surface area contributed by atoms with E-state index in [0.717, 1.165) is 51.9 Å². The van der Waals surface area contributed by atoms with Gasteiger partial charge in [-0.25, -0.2) is 0 Å². The Morgan fingerprint density at radius 1 is 1.31 bits per heavy atom. The van der Waals surface area contributed by atoms with Gasteiger partial charge in [-0.3, -0.25) is 4.99 Å². The summed E-state index contributed by atoms with van der Waals surface area (Å²) in [6.45, 7) is 5.24. The lowest BCUT2D eigenvalue weighted by Crippen LogP contribution is -2.38. The first-order valence-electron chi connectivity index (χ1n) is 8.20. The number of rotatable bonds is 5. The molecule has 0 bridgehead atoms. The molecule has 0 saturated carbocycles. The lowest BCUT2D eigenvalue weighted by atomic mass is 10.1. The highest BCUT2D eigenvalue weighted by molar-refractivity contribution is 14.0. The zero-order chi connectivity index (χ0) is 17.8. The summed E-state index contributed by atoms with van der Waals surface area (Å²) in [4.78, 5) is 7.53. The number of H-pyrrole nitrogens is 1. The van der Waals surface area contributed by atoms with Crippen molar-refractivity contribution in [2.45, 2.75) is 26.8 Å². The van der Waals surface area contributed by atoms with Crippen LogP contribution < -0.4 is 10.6 Å². The first-order chi connectivity index (χ1) is 12.1. The number of hydrogen-bond donors (Lipinski definition) is 3. The van der Waals surface area contributed by atoms with Crippen LogP contribution in [0.3, 0.4) is 0 Å². The fourth-order valence-electron chi connectivity index (χ4n) is 2.82. The van der Waals surface area contributed by atoms with Gasteiger partial charge >= 0.3 is 0 Å². The third-order valence-corrected chi connectivity index (χ3v) is 4.49. The molecule has 0 radical (unpaired) electrons. The van der Waals surface area contributed by atoms with E-state index in [-0.39, 0.29) is 24.0 Å². The highest BCUT2D eigenvalue weighted by Gasteiger charge is 2.09. The second-order valence-electron chi connectivity index (χ2n) is 5.91. The van der Waals surface area contributed by atoms with Crippen LogP contribution in [-0.2, 0) is 13.0 Å². The zero-order valence-corrected chi connectivity index (χ0v) is 18.1. The van der Waals surface area contributed by atoms with Crippen molar-refractivity contribution in [3.05, 3.63) is 52.0 Å². The molecule has 0 aliphatic carbocycles. The Kier molecular flexibility index (Phi) is 7.33. The van der Waals surface area contributed by atoms with E-state index in [1.807, 2.05) is 38.2 Å². The van der Waals surface area contributed by atoms with Gasteiger partial charge in [0.15, 0.2) is 5.96 Å². The quantitative estimate of drug-likeness (QED) is 0.289. The zero-order valence-electron chi connectivity index (χ0n) is 15.0. The number of aryl methyl sites for hydroxylation is 2. The molecular formula is C18H23ClIN5O. The minimum absolute atomic E-state index is 0. The van der Waals surface area contributed by atoms with Crippen molar-refractivity contribution < 1.29 is 4.52 Å². The summed E-state index contributed by atoms with van der Waals surface area (Å²) in [6.07, 6.45) is 2.90. The van der Waals surface area contributed by atoms with Crippen LogP contribution in [0.4, 0.5) is 0 Å². The first-order valence-corrected chi connectivity index (χ1v) is 8.58. The van der Waals surface area contributed by atoms with Gasteiger partial charge in [-0.05, 0) is 44.0 Å². The average molecular weight is 488 g/mol. The average Bonchev–Trinajstić information content (AvgIpc) is 3.14. The molecule has 6 nitrogen and oxygen atoms in total. The lowest BCUT2D eigenvalue weighted by Gasteiger charge is -2.11. The van der Waals surface area contributed by atoms with Gasteiger partial charge in [0.05, 0.1) is 5.69 Å².